The van der Waals surface area contributed by atoms with Crippen LogP contribution in [0.15, 0.2) is 16.7 Å². The SMILES string of the molecule is CC1CS(=O)(=O)CCN1Cc1occc1C(=O)NN. The summed E-state index contributed by atoms with van der Waals surface area (Å²) in [5.41, 5.74) is 2.43. The lowest BCUT2D eigenvalue weighted by atomic mass is 10.2. The van der Waals surface area contributed by atoms with E-state index in [0.29, 0.717) is 24.4 Å². The molecule has 0 bridgehead atoms. The Labute approximate surface area is 111 Å². The van der Waals surface area contributed by atoms with E-state index in [0.717, 1.165) is 0 Å². The molecule has 8 heteroatoms. The van der Waals surface area contributed by atoms with Crippen molar-refractivity contribution in [2.24, 2.45) is 5.84 Å². The second-order valence-electron chi connectivity index (χ2n) is 4.66. The first-order valence-corrected chi connectivity index (χ1v) is 7.77. The third-order valence-electron chi connectivity index (χ3n) is 3.28. The quantitative estimate of drug-likeness (QED) is 0.441. The first-order chi connectivity index (χ1) is 8.93. The van der Waals surface area contributed by atoms with Crippen molar-refractivity contribution in [2.45, 2.75) is 19.5 Å². The van der Waals surface area contributed by atoms with E-state index in [4.69, 9.17) is 10.3 Å². The summed E-state index contributed by atoms with van der Waals surface area (Å²) in [6, 6.07) is 1.45. The van der Waals surface area contributed by atoms with Gasteiger partial charge in [-0.2, -0.15) is 0 Å². The second-order valence-corrected chi connectivity index (χ2v) is 6.89. The number of carbonyl (C=O) groups is 1. The maximum Gasteiger partial charge on any atom is 0.268 e. The summed E-state index contributed by atoms with van der Waals surface area (Å²) in [7, 11) is -2.95. The molecule has 2 heterocycles. The molecule has 1 aliphatic rings. The van der Waals surface area contributed by atoms with E-state index in [9.17, 15) is 13.2 Å². The smallest absolute Gasteiger partial charge is 0.268 e. The fourth-order valence-electron chi connectivity index (χ4n) is 2.20. The van der Waals surface area contributed by atoms with E-state index in [-0.39, 0.29) is 17.5 Å². The average molecular weight is 287 g/mol. The summed E-state index contributed by atoms with van der Waals surface area (Å²) in [6.07, 6.45) is 1.42. The van der Waals surface area contributed by atoms with Gasteiger partial charge in [-0.1, -0.05) is 0 Å². The lowest BCUT2D eigenvalue weighted by Gasteiger charge is -2.32. The first kappa shape index (κ1) is 14.0. The van der Waals surface area contributed by atoms with Crippen molar-refractivity contribution in [3.05, 3.63) is 23.7 Å². The summed E-state index contributed by atoms with van der Waals surface area (Å²) >= 11 is 0. The Balaban J connectivity index is 2.10. The highest BCUT2D eigenvalue weighted by molar-refractivity contribution is 7.91. The molecule has 0 spiro atoms. The van der Waals surface area contributed by atoms with Gasteiger partial charge >= 0.3 is 0 Å². The zero-order valence-corrected chi connectivity index (χ0v) is 11.4. The topological polar surface area (TPSA) is 106 Å². The fourth-order valence-corrected chi connectivity index (χ4v) is 3.82. The van der Waals surface area contributed by atoms with Crippen LogP contribution >= 0.6 is 0 Å². The van der Waals surface area contributed by atoms with Crippen LogP contribution in [0.4, 0.5) is 0 Å². The summed E-state index contributed by atoms with van der Waals surface area (Å²) in [5, 5.41) is 0. The number of hydrazine groups is 1. The summed E-state index contributed by atoms with van der Waals surface area (Å²) in [4.78, 5) is 13.5. The van der Waals surface area contributed by atoms with Gasteiger partial charge in [0.2, 0.25) is 0 Å². The molecule has 0 aliphatic carbocycles. The standard InChI is InChI=1S/C11H17N3O4S/c1-8-7-19(16,17)5-3-14(8)6-10-9(2-4-18-10)11(15)13-12/h2,4,8H,3,5-7,12H2,1H3,(H,13,15). The molecule has 0 saturated carbocycles. The van der Waals surface area contributed by atoms with Gasteiger partial charge in [0.25, 0.3) is 5.91 Å². The van der Waals surface area contributed by atoms with Crippen LogP contribution < -0.4 is 11.3 Å². The van der Waals surface area contributed by atoms with Crippen LogP contribution in [-0.4, -0.2) is 43.3 Å². The molecule has 7 nitrogen and oxygen atoms in total. The molecule has 1 aliphatic heterocycles. The molecule has 0 aromatic carbocycles. The van der Waals surface area contributed by atoms with Gasteiger partial charge in [0.05, 0.1) is 29.9 Å². The predicted molar refractivity (Wildman–Crippen MR) is 68.9 cm³/mol. The molecule has 1 unspecified atom stereocenters. The number of rotatable bonds is 3. The molecule has 1 fully saturated rings. The molecular formula is C11H17N3O4S. The zero-order valence-electron chi connectivity index (χ0n) is 10.6. The van der Waals surface area contributed by atoms with Crippen LogP contribution in [-0.2, 0) is 16.4 Å². The minimum absolute atomic E-state index is 0.0994. The molecule has 3 N–H and O–H groups in total. The third-order valence-corrected chi connectivity index (χ3v) is 5.07. The number of nitrogen functional groups attached to an aromatic ring is 1. The highest BCUT2D eigenvalue weighted by atomic mass is 32.2. The van der Waals surface area contributed by atoms with Crippen molar-refractivity contribution in [3.63, 3.8) is 0 Å². The number of nitrogens with one attached hydrogen (secondary N) is 1. The Morgan fingerprint density at radius 1 is 1.63 bits per heavy atom. The van der Waals surface area contributed by atoms with E-state index >= 15 is 0 Å². The van der Waals surface area contributed by atoms with Gasteiger partial charge in [0.1, 0.15) is 5.76 Å². The van der Waals surface area contributed by atoms with Gasteiger partial charge < -0.3 is 4.42 Å². The number of hydrogen-bond donors (Lipinski definition) is 2. The lowest BCUT2D eigenvalue weighted by molar-refractivity contribution is 0.0948. The van der Waals surface area contributed by atoms with Crippen molar-refractivity contribution in [1.82, 2.24) is 10.3 Å². The highest BCUT2D eigenvalue weighted by Gasteiger charge is 2.29. The van der Waals surface area contributed by atoms with Crippen molar-refractivity contribution < 1.29 is 17.6 Å². The van der Waals surface area contributed by atoms with Crippen LogP contribution in [0.25, 0.3) is 0 Å². The Morgan fingerprint density at radius 3 is 3.00 bits per heavy atom. The highest BCUT2D eigenvalue weighted by Crippen LogP contribution is 2.18. The Kier molecular flexibility index (Phi) is 3.93. The van der Waals surface area contributed by atoms with Crippen molar-refractivity contribution in [3.8, 4) is 0 Å². The number of nitrogens with zero attached hydrogens (tertiary/aromatic N) is 1. The second kappa shape index (κ2) is 5.32. The third kappa shape index (κ3) is 3.14. The molecule has 0 radical (unpaired) electrons. The molecule has 1 aromatic rings. The van der Waals surface area contributed by atoms with Gasteiger partial charge in [-0.05, 0) is 13.0 Å². The minimum Gasteiger partial charge on any atom is -0.467 e. The normalized spacial score (nSPS) is 23.2. The molecular weight excluding hydrogens is 270 g/mol. The Hall–Kier alpha value is -1.38. The van der Waals surface area contributed by atoms with E-state index in [1.807, 2.05) is 11.8 Å². The maximum absolute atomic E-state index is 11.5. The average Bonchev–Trinajstić information content (AvgIpc) is 2.79. The number of carbonyl (C=O) groups excluding carboxylic acids is 1. The monoisotopic (exact) mass is 287 g/mol. The summed E-state index contributed by atoms with van der Waals surface area (Å²) < 4.78 is 28.3. The maximum atomic E-state index is 11.5. The molecule has 1 amide bonds. The predicted octanol–water partition coefficient (Wildman–Crippen LogP) is -0.498. The van der Waals surface area contributed by atoms with Gasteiger partial charge in [-0.25, -0.2) is 14.3 Å². The molecule has 19 heavy (non-hydrogen) atoms. The van der Waals surface area contributed by atoms with E-state index in [2.05, 4.69) is 5.43 Å². The minimum atomic E-state index is -2.95. The number of amides is 1. The van der Waals surface area contributed by atoms with E-state index in [1.165, 1.54) is 6.26 Å². The number of furan rings is 1. The van der Waals surface area contributed by atoms with Crippen molar-refractivity contribution in [1.29, 1.82) is 0 Å². The Morgan fingerprint density at radius 2 is 2.37 bits per heavy atom. The number of nitrogens with two attached hydrogens (primary N) is 1. The van der Waals surface area contributed by atoms with Crippen LogP contribution in [0.2, 0.25) is 0 Å². The zero-order chi connectivity index (χ0) is 14.0. The van der Waals surface area contributed by atoms with E-state index in [1.54, 1.807) is 6.07 Å². The number of hydrogen-bond acceptors (Lipinski definition) is 6. The van der Waals surface area contributed by atoms with Gasteiger partial charge in [-0.15, -0.1) is 0 Å². The van der Waals surface area contributed by atoms with Crippen molar-refractivity contribution >= 4 is 15.7 Å². The summed E-state index contributed by atoms with van der Waals surface area (Å²) in [6.45, 7) is 2.68. The molecule has 1 atom stereocenters. The van der Waals surface area contributed by atoms with Gasteiger partial charge in [-0.3, -0.25) is 15.1 Å². The fraction of sp³-hybridized carbons (Fsp3) is 0.545. The molecule has 106 valence electrons. The van der Waals surface area contributed by atoms with Crippen LogP contribution in [0.1, 0.15) is 23.0 Å². The van der Waals surface area contributed by atoms with Crippen LogP contribution in [0, 0.1) is 0 Å². The van der Waals surface area contributed by atoms with Gasteiger partial charge in [0.15, 0.2) is 9.84 Å². The summed E-state index contributed by atoms with van der Waals surface area (Å²) in [5.74, 6) is 5.44. The largest absolute Gasteiger partial charge is 0.467 e. The van der Waals surface area contributed by atoms with E-state index < -0.39 is 15.7 Å². The van der Waals surface area contributed by atoms with Gasteiger partial charge in [0, 0.05) is 12.6 Å². The first-order valence-electron chi connectivity index (χ1n) is 5.95. The molecule has 2 rings (SSSR count). The molecule has 1 aromatic heterocycles. The van der Waals surface area contributed by atoms with Crippen LogP contribution in [0.5, 0.6) is 0 Å². The lowest BCUT2D eigenvalue weighted by Crippen LogP contribution is -2.46. The Bertz CT molecular complexity index is 566. The molecule has 1 saturated heterocycles. The number of sulfone groups is 1. The van der Waals surface area contributed by atoms with Crippen molar-refractivity contribution in [2.75, 3.05) is 18.1 Å². The van der Waals surface area contributed by atoms with Crippen LogP contribution in [0.3, 0.4) is 0 Å².